The second-order valence-electron chi connectivity index (χ2n) is 9.99. The van der Waals surface area contributed by atoms with Gasteiger partial charge in [-0.3, -0.25) is 9.59 Å². The van der Waals surface area contributed by atoms with Crippen molar-refractivity contribution in [1.29, 1.82) is 0 Å². The van der Waals surface area contributed by atoms with E-state index < -0.39 is 18.0 Å². The number of ether oxygens (including phenoxy) is 1. The standard InChI is InChI=1S/C28H32N2O5/c31-26(30-14-6-8-19(16-30)27(32)33)18-7-5-9-20(15-18)29-28(34)35-17-25-23-12-3-1-10-21(23)22-11-2-4-13-24(22)25/h1-4,10-13,18-20,25H,5-9,14-17H2,(H,29,34)(H,32,33)/t18-,19-,20-/m1/s1. The molecule has 1 saturated heterocycles. The van der Waals surface area contributed by atoms with Gasteiger partial charge in [-0.2, -0.15) is 0 Å². The number of amides is 2. The maximum atomic E-state index is 13.1. The van der Waals surface area contributed by atoms with Gasteiger partial charge < -0.3 is 20.1 Å². The number of rotatable bonds is 5. The molecule has 2 aliphatic carbocycles. The minimum atomic E-state index is -0.832. The van der Waals surface area contributed by atoms with Gasteiger partial charge in [0.25, 0.3) is 0 Å². The molecule has 35 heavy (non-hydrogen) atoms. The van der Waals surface area contributed by atoms with E-state index in [4.69, 9.17) is 4.74 Å². The van der Waals surface area contributed by atoms with Crippen LogP contribution in [0.3, 0.4) is 0 Å². The molecule has 0 bridgehead atoms. The van der Waals surface area contributed by atoms with Crippen LogP contribution in [-0.4, -0.2) is 53.7 Å². The van der Waals surface area contributed by atoms with Crippen molar-refractivity contribution < 1.29 is 24.2 Å². The lowest BCUT2D eigenvalue weighted by Crippen LogP contribution is -2.47. The molecule has 2 aromatic rings. The Bertz CT molecular complexity index is 1070. The van der Waals surface area contributed by atoms with E-state index in [1.807, 2.05) is 24.3 Å². The number of carboxylic acids is 1. The van der Waals surface area contributed by atoms with E-state index in [2.05, 4.69) is 29.6 Å². The van der Waals surface area contributed by atoms with E-state index in [9.17, 15) is 19.5 Å². The number of carbonyl (C=O) groups excluding carboxylic acids is 2. The summed E-state index contributed by atoms with van der Waals surface area (Å²) in [6, 6.07) is 16.4. The number of fused-ring (bicyclic) bond motifs is 3. The lowest BCUT2D eigenvalue weighted by Gasteiger charge is -2.36. The lowest BCUT2D eigenvalue weighted by molar-refractivity contribution is -0.147. The fourth-order valence-electron chi connectivity index (χ4n) is 5.99. The highest BCUT2D eigenvalue weighted by atomic mass is 16.5. The van der Waals surface area contributed by atoms with Crippen molar-refractivity contribution in [2.24, 2.45) is 11.8 Å². The van der Waals surface area contributed by atoms with Gasteiger partial charge >= 0.3 is 12.1 Å². The number of benzene rings is 2. The second-order valence-corrected chi connectivity index (χ2v) is 9.99. The molecule has 3 aliphatic rings. The molecule has 184 valence electrons. The molecule has 1 saturated carbocycles. The number of hydrogen-bond acceptors (Lipinski definition) is 4. The second kappa shape index (κ2) is 10.1. The van der Waals surface area contributed by atoms with E-state index in [0.717, 1.165) is 25.7 Å². The zero-order valence-electron chi connectivity index (χ0n) is 19.8. The Morgan fingerprint density at radius 1 is 0.914 bits per heavy atom. The normalized spacial score (nSPS) is 23.8. The van der Waals surface area contributed by atoms with Gasteiger partial charge in [0.2, 0.25) is 5.91 Å². The average Bonchev–Trinajstić information content (AvgIpc) is 3.21. The topological polar surface area (TPSA) is 95.9 Å². The highest BCUT2D eigenvalue weighted by molar-refractivity contribution is 5.81. The number of carboxylic acid groups (broad SMARTS) is 1. The van der Waals surface area contributed by atoms with Crippen molar-refractivity contribution in [3.8, 4) is 11.1 Å². The SMILES string of the molecule is O=C(N[C@@H]1CCC[C@@H](C(=O)N2CCC[C@@H](C(=O)O)C2)C1)OCC1c2ccccc2-c2ccccc21. The summed E-state index contributed by atoms with van der Waals surface area (Å²) in [5, 5.41) is 12.3. The summed E-state index contributed by atoms with van der Waals surface area (Å²) in [6.45, 7) is 1.16. The van der Waals surface area contributed by atoms with E-state index in [1.165, 1.54) is 22.3 Å². The third-order valence-electron chi connectivity index (χ3n) is 7.77. The Kier molecular flexibility index (Phi) is 6.75. The van der Waals surface area contributed by atoms with Crippen LogP contribution in [0.1, 0.15) is 55.6 Å². The first kappa shape index (κ1) is 23.4. The summed E-state index contributed by atoms with van der Waals surface area (Å²) in [7, 11) is 0. The van der Waals surface area contributed by atoms with Crippen LogP contribution in [0, 0.1) is 11.8 Å². The van der Waals surface area contributed by atoms with Crippen molar-refractivity contribution >= 4 is 18.0 Å². The highest BCUT2D eigenvalue weighted by Crippen LogP contribution is 2.44. The monoisotopic (exact) mass is 476 g/mol. The molecule has 7 nitrogen and oxygen atoms in total. The van der Waals surface area contributed by atoms with Crippen molar-refractivity contribution in [2.75, 3.05) is 19.7 Å². The summed E-state index contributed by atoms with van der Waals surface area (Å²) < 4.78 is 5.68. The number of hydrogen-bond donors (Lipinski definition) is 2. The van der Waals surface area contributed by atoms with Crippen LogP contribution in [-0.2, 0) is 14.3 Å². The largest absolute Gasteiger partial charge is 0.481 e. The Hall–Kier alpha value is -3.35. The van der Waals surface area contributed by atoms with Gasteiger partial charge in [0.15, 0.2) is 0 Å². The minimum Gasteiger partial charge on any atom is -0.481 e. The van der Waals surface area contributed by atoms with Crippen molar-refractivity contribution in [3.05, 3.63) is 59.7 Å². The molecule has 5 rings (SSSR count). The van der Waals surface area contributed by atoms with Crippen molar-refractivity contribution in [1.82, 2.24) is 10.2 Å². The summed E-state index contributed by atoms with van der Waals surface area (Å²) in [4.78, 5) is 38.8. The highest BCUT2D eigenvalue weighted by Gasteiger charge is 2.35. The fraction of sp³-hybridized carbons (Fsp3) is 0.464. The zero-order chi connectivity index (χ0) is 24.4. The first-order chi connectivity index (χ1) is 17.0. The fourth-order valence-corrected chi connectivity index (χ4v) is 5.99. The molecule has 0 unspecified atom stereocenters. The van der Waals surface area contributed by atoms with Gasteiger partial charge in [0.05, 0.1) is 5.92 Å². The first-order valence-corrected chi connectivity index (χ1v) is 12.6. The Morgan fingerprint density at radius 3 is 2.26 bits per heavy atom. The summed E-state index contributed by atoms with van der Waals surface area (Å²) in [5.74, 6) is -1.47. The number of nitrogens with zero attached hydrogens (tertiary/aromatic N) is 1. The van der Waals surface area contributed by atoms with Gasteiger partial charge in [-0.1, -0.05) is 55.0 Å². The third-order valence-corrected chi connectivity index (χ3v) is 7.77. The van der Waals surface area contributed by atoms with Gasteiger partial charge in [0.1, 0.15) is 6.61 Å². The van der Waals surface area contributed by atoms with E-state index >= 15 is 0 Å². The van der Waals surface area contributed by atoms with E-state index in [0.29, 0.717) is 19.4 Å². The zero-order valence-corrected chi connectivity index (χ0v) is 19.8. The number of likely N-dealkylation sites (tertiary alicyclic amines) is 1. The van der Waals surface area contributed by atoms with Crippen LogP contribution in [0.2, 0.25) is 0 Å². The summed E-state index contributed by atoms with van der Waals surface area (Å²) in [6.07, 6.45) is 3.89. The van der Waals surface area contributed by atoms with Crippen molar-refractivity contribution in [3.63, 3.8) is 0 Å². The smallest absolute Gasteiger partial charge is 0.407 e. The molecule has 2 aromatic carbocycles. The molecule has 2 N–H and O–H groups in total. The van der Waals surface area contributed by atoms with Crippen LogP contribution in [0.5, 0.6) is 0 Å². The van der Waals surface area contributed by atoms with E-state index in [-0.39, 0.29) is 36.9 Å². The third kappa shape index (κ3) is 4.90. The Balaban J connectivity index is 1.16. The summed E-state index contributed by atoms with van der Waals surface area (Å²) >= 11 is 0. The van der Waals surface area contributed by atoms with E-state index in [1.54, 1.807) is 4.90 Å². The molecule has 1 heterocycles. The first-order valence-electron chi connectivity index (χ1n) is 12.6. The molecule has 0 radical (unpaired) electrons. The molecule has 2 amide bonds. The van der Waals surface area contributed by atoms with Crippen LogP contribution in [0.25, 0.3) is 11.1 Å². The van der Waals surface area contributed by atoms with Crippen LogP contribution < -0.4 is 5.32 Å². The summed E-state index contributed by atoms with van der Waals surface area (Å²) in [5.41, 5.74) is 4.72. The molecule has 7 heteroatoms. The maximum Gasteiger partial charge on any atom is 0.407 e. The number of aliphatic carboxylic acids is 1. The van der Waals surface area contributed by atoms with Gasteiger partial charge in [-0.15, -0.1) is 0 Å². The van der Waals surface area contributed by atoms with Gasteiger partial charge in [-0.25, -0.2) is 4.79 Å². The Labute approximate surface area is 205 Å². The number of nitrogens with one attached hydrogen (secondary N) is 1. The molecular weight excluding hydrogens is 444 g/mol. The number of carbonyl (C=O) groups is 3. The van der Waals surface area contributed by atoms with Crippen LogP contribution in [0.4, 0.5) is 4.79 Å². The van der Waals surface area contributed by atoms with Gasteiger partial charge in [-0.05, 0) is 54.4 Å². The number of piperidine rings is 1. The van der Waals surface area contributed by atoms with Crippen molar-refractivity contribution in [2.45, 2.75) is 50.5 Å². The Morgan fingerprint density at radius 2 is 1.57 bits per heavy atom. The molecule has 0 aromatic heterocycles. The minimum absolute atomic E-state index is 0.00937. The number of alkyl carbamates (subject to hydrolysis) is 1. The molecule has 2 fully saturated rings. The average molecular weight is 477 g/mol. The predicted octanol–water partition coefficient (Wildman–Crippen LogP) is 4.41. The molecular formula is C28H32N2O5. The van der Waals surface area contributed by atoms with Crippen LogP contribution in [0.15, 0.2) is 48.5 Å². The predicted molar refractivity (Wildman–Crippen MR) is 131 cm³/mol. The molecule has 1 aliphatic heterocycles. The van der Waals surface area contributed by atoms with Crippen LogP contribution >= 0.6 is 0 Å². The molecule has 3 atom stereocenters. The van der Waals surface area contributed by atoms with Gasteiger partial charge in [0, 0.05) is 31.0 Å². The quantitative estimate of drug-likeness (QED) is 0.667. The lowest BCUT2D eigenvalue weighted by atomic mass is 9.84. The maximum absolute atomic E-state index is 13.1. The molecule has 0 spiro atoms.